The second kappa shape index (κ2) is 11.8. The SMILES string of the molecule is CN1/C(=C\C=C\c2cc[n+](CCC[N+](C)(C)CCCC(=O)O)c3ccccc23)Sc2cc([N+](=O)[O-])ccc21. The third-order valence-corrected chi connectivity index (χ3v) is 8.02. The molecule has 1 aromatic heterocycles. The predicted molar refractivity (Wildman–Crippen MR) is 152 cm³/mol. The Labute approximate surface area is 227 Å². The van der Waals surface area contributed by atoms with Crippen LogP contribution in [0.5, 0.6) is 0 Å². The maximum Gasteiger partial charge on any atom is 0.303 e. The minimum Gasteiger partial charge on any atom is -0.481 e. The molecule has 4 rings (SSSR count). The molecule has 0 aliphatic carbocycles. The van der Waals surface area contributed by atoms with Gasteiger partial charge in [-0.2, -0.15) is 4.57 Å². The second-order valence-corrected chi connectivity index (χ2v) is 11.2. The summed E-state index contributed by atoms with van der Waals surface area (Å²) in [7, 11) is 6.29. The maximum absolute atomic E-state index is 11.1. The predicted octanol–water partition coefficient (Wildman–Crippen LogP) is 5.46. The number of anilines is 1. The van der Waals surface area contributed by atoms with E-state index < -0.39 is 5.97 Å². The zero-order valence-electron chi connectivity index (χ0n) is 22.0. The fourth-order valence-corrected chi connectivity index (χ4v) is 5.84. The van der Waals surface area contributed by atoms with Gasteiger partial charge in [0.2, 0.25) is 5.52 Å². The Morgan fingerprint density at radius 2 is 1.92 bits per heavy atom. The minimum absolute atomic E-state index is 0.103. The van der Waals surface area contributed by atoms with Crippen LogP contribution in [0.2, 0.25) is 0 Å². The second-order valence-electron chi connectivity index (χ2n) is 10.1. The van der Waals surface area contributed by atoms with Gasteiger partial charge in [-0.15, -0.1) is 0 Å². The van der Waals surface area contributed by atoms with Crippen molar-refractivity contribution in [1.82, 2.24) is 0 Å². The molecule has 0 radical (unpaired) electrons. The summed E-state index contributed by atoms with van der Waals surface area (Å²) < 4.78 is 3.09. The Hall–Kier alpha value is -3.69. The molecular weight excluding hydrogens is 500 g/mol. The molecule has 0 saturated carbocycles. The molecule has 38 heavy (non-hydrogen) atoms. The number of carboxylic acid groups (broad SMARTS) is 1. The van der Waals surface area contributed by atoms with Gasteiger partial charge in [0, 0.05) is 42.6 Å². The Kier molecular flexibility index (Phi) is 8.48. The smallest absolute Gasteiger partial charge is 0.303 e. The van der Waals surface area contributed by atoms with E-state index in [1.54, 1.807) is 18.2 Å². The highest BCUT2D eigenvalue weighted by atomic mass is 32.2. The summed E-state index contributed by atoms with van der Waals surface area (Å²) in [6, 6.07) is 15.5. The molecule has 9 heteroatoms. The molecule has 0 amide bonds. The van der Waals surface area contributed by atoms with Crippen LogP contribution in [0, 0.1) is 10.1 Å². The molecule has 0 atom stereocenters. The lowest BCUT2D eigenvalue weighted by molar-refractivity contribution is -0.892. The van der Waals surface area contributed by atoms with Crippen LogP contribution in [0.3, 0.4) is 0 Å². The van der Waals surface area contributed by atoms with E-state index >= 15 is 0 Å². The number of aryl methyl sites for hydroxylation is 1. The fraction of sp³-hybridized carbons (Fsp3) is 0.310. The lowest BCUT2D eigenvalue weighted by Crippen LogP contribution is -2.44. The molecule has 0 bridgehead atoms. The number of carbonyl (C=O) groups is 1. The number of hydrogen-bond acceptors (Lipinski definition) is 5. The highest BCUT2D eigenvalue weighted by Gasteiger charge is 2.24. The van der Waals surface area contributed by atoms with Crippen molar-refractivity contribution in [2.24, 2.45) is 0 Å². The van der Waals surface area contributed by atoms with E-state index in [9.17, 15) is 14.9 Å². The molecule has 2 heterocycles. The number of benzene rings is 2. The van der Waals surface area contributed by atoms with Gasteiger partial charge in [0.25, 0.3) is 5.69 Å². The number of fused-ring (bicyclic) bond motifs is 2. The Balaban J connectivity index is 1.44. The number of rotatable bonds is 11. The molecule has 0 unspecified atom stereocenters. The molecule has 1 aliphatic heterocycles. The number of para-hydroxylation sites is 1. The van der Waals surface area contributed by atoms with E-state index in [-0.39, 0.29) is 17.0 Å². The molecule has 2 aromatic carbocycles. The molecule has 0 fully saturated rings. The van der Waals surface area contributed by atoms with Crippen molar-refractivity contribution in [3.8, 4) is 0 Å². The van der Waals surface area contributed by atoms with E-state index in [2.05, 4.69) is 61.3 Å². The quantitative estimate of drug-likeness (QED) is 0.152. The van der Waals surface area contributed by atoms with Crippen molar-refractivity contribution in [2.45, 2.75) is 30.7 Å². The van der Waals surface area contributed by atoms with Gasteiger partial charge in [-0.05, 0) is 23.8 Å². The topological polar surface area (TPSA) is 87.6 Å². The zero-order valence-corrected chi connectivity index (χ0v) is 22.9. The standard InChI is InChI=1S/C29H33N4O4S/c1-30-26-15-14-23(32(36)37)21-27(26)38-28(30)12-6-9-22-16-18-31(25-11-5-4-10-24(22)25)17-8-20-33(2,3)19-7-13-29(34)35/h4-6,9-12,14-16,18,21H,7-8,13,17,19-20H2,1-3H3/q+1/p+1. The van der Waals surface area contributed by atoms with Gasteiger partial charge in [-0.1, -0.05) is 36.0 Å². The van der Waals surface area contributed by atoms with Gasteiger partial charge < -0.3 is 14.5 Å². The highest BCUT2D eigenvalue weighted by Crippen LogP contribution is 2.46. The van der Waals surface area contributed by atoms with E-state index in [1.165, 1.54) is 22.7 Å². The first-order valence-corrected chi connectivity index (χ1v) is 13.5. The van der Waals surface area contributed by atoms with Gasteiger partial charge >= 0.3 is 5.97 Å². The molecule has 3 aromatic rings. The van der Waals surface area contributed by atoms with E-state index in [0.717, 1.165) is 51.7 Å². The summed E-state index contributed by atoms with van der Waals surface area (Å²) in [6.07, 6.45) is 10.2. The number of nitro groups is 1. The van der Waals surface area contributed by atoms with Gasteiger partial charge in [0.05, 0.1) is 61.1 Å². The third kappa shape index (κ3) is 6.59. The third-order valence-electron chi connectivity index (χ3n) is 6.85. The number of hydrogen-bond donors (Lipinski definition) is 1. The first kappa shape index (κ1) is 27.3. The fourth-order valence-electron chi connectivity index (χ4n) is 4.74. The molecule has 1 aliphatic rings. The number of quaternary nitrogens is 1. The largest absolute Gasteiger partial charge is 0.481 e. The van der Waals surface area contributed by atoms with Gasteiger partial charge in [0.1, 0.15) is 0 Å². The molecule has 0 spiro atoms. The lowest BCUT2D eigenvalue weighted by Gasteiger charge is -2.29. The molecule has 1 N–H and O–H groups in total. The summed E-state index contributed by atoms with van der Waals surface area (Å²) in [5.74, 6) is -0.734. The molecular formula is C29H34N4O4S+2. The number of carboxylic acids is 1. The maximum atomic E-state index is 11.1. The summed E-state index contributed by atoms with van der Waals surface area (Å²) in [5, 5.41) is 22.2. The van der Waals surface area contributed by atoms with Crippen LogP contribution in [0.1, 0.15) is 24.8 Å². The summed E-state index contributed by atoms with van der Waals surface area (Å²) in [5.41, 5.74) is 3.36. The average Bonchev–Trinajstić information content (AvgIpc) is 3.19. The number of pyridine rings is 1. The number of non-ortho nitro benzene ring substituents is 1. The minimum atomic E-state index is -0.734. The highest BCUT2D eigenvalue weighted by molar-refractivity contribution is 8.03. The number of allylic oxidation sites excluding steroid dienone is 2. The van der Waals surface area contributed by atoms with Crippen LogP contribution >= 0.6 is 11.8 Å². The first-order valence-electron chi connectivity index (χ1n) is 12.7. The van der Waals surface area contributed by atoms with Gasteiger partial charge in [-0.25, -0.2) is 0 Å². The van der Waals surface area contributed by atoms with Crippen LogP contribution in [0.15, 0.2) is 76.8 Å². The Bertz CT molecular complexity index is 1420. The molecule has 0 saturated heterocycles. The van der Waals surface area contributed by atoms with Gasteiger partial charge in [0.15, 0.2) is 12.7 Å². The van der Waals surface area contributed by atoms with E-state index in [1.807, 2.05) is 24.1 Å². The van der Waals surface area contributed by atoms with Crippen LogP contribution in [-0.2, 0) is 11.3 Å². The van der Waals surface area contributed by atoms with Crippen molar-refractivity contribution in [3.05, 3.63) is 87.6 Å². The van der Waals surface area contributed by atoms with Crippen molar-refractivity contribution in [1.29, 1.82) is 0 Å². The van der Waals surface area contributed by atoms with Crippen LogP contribution < -0.4 is 9.47 Å². The van der Waals surface area contributed by atoms with E-state index in [0.29, 0.717) is 6.42 Å². The van der Waals surface area contributed by atoms with E-state index in [4.69, 9.17) is 5.11 Å². The van der Waals surface area contributed by atoms with Crippen LogP contribution in [0.25, 0.3) is 17.0 Å². The Morgan fingerprint density at radius 3 is 2.68 bits per heavy atom. The Morgan fingerprint density at radius 1 is 1.16 bits per heavy atom. The summed E-state index contributed by atoms with van der Waals surface area (Å²) >= 11 is 1.53. The lowest BCUT2D eigenvalue weighted by atomic mass is 10.1. The number of aliphatic carboxylic acids is 1. The molecule has 198 valence electrons. The number of thioether (sulfide) groups is 1. The molecule has 8 nitrogen and oxygen atoms in total. The average molecular weight is 535 g/mol. The van der Waals surface area contributed by atoms with Crippen molar-refractivity contribution in [3.63, 3.8) is 0 Å². The van der Waals surface area contributed by atoms with Crippen molar-refractivity contribution in [2.75, 3.05) is 39.1 Å². The number of nitrogens with zero attached hydrogens (tertiary/aromatic N) is 4. The van der Waals surface area contributed by atoms with Gasteiger partial charge in [-0.3, -0.25) is 14.9 Å². The number of nitro benzene ring substituents is 1. The van der Waals surface area contributed by atoms with Crippen LogP contribution in [0.4, 0.5) is 11.4 Å². The normalized spacial score (nSPS) is 14.5. The van der Waals surface area contributed by atoms with Crippen LogP contribution in [-0.4, -0.2) is 54.7 Å². The van der Waals surface area contributed by atoms with Crippen molar-refractivity contribution < 1.29 is 23.9 Å². The summed E-state index contributed by atoms with van der Waals surface area (Å²) in [4.78, 5) is 24.5. The monoisotopic (exact) mass is 534 g/mol. The van der Waals surface area contributed by atoms with Crippen molar-refractivity contribution >= 4 is 46.1 Å². The first-order chi connectivity index (χ1) is 18.1. The zero-order chi connectivity index (χ0) is 27.3. The number of aromatic nitrogens is 1. The summed E-state index contributed by atoms with van der Waals surface area (Å²) in [6.45, 7) is 2.72.